The van der Waals surface area contributed by atoms with Gasteiger partial charge in [-0.2, -0.15) is 4.98 Å². The van der Waals surface area contributed by atoms with E-state index in [9.17, 15) is 4.79 Å². The number of halogens is 1. The molecule has 1 aliphatic rings. The second kappa shape index (κ2) is 7.72. The summed E-state index contributed by atoms with van der Waals surface area (Å²) in [4.78, 5) is 25.0. The second-order valence-corrected chi connectivity index (χ2v) is 7.61. The number of rotatable bonds is 6. The van der Waals surface area contributed by atoms with Gasteiger partial charge in [0.05, 0.1) is 0 Å². The molecule has 2 aromatic heterocycles. The number of hydrogen-bond acceptors (Lipinski definition) is 4. The van der Waals surface area contributed by atoms with E-state index in [-0.39, 0.29) is 5.56 Å². The maximum absolute atomic E-state index is 12.8. The first-order valence-electron chi connectivity index (χ1n) is 9.64. The molecule has 6 nitrogen and oxygen atoms in total. The Bertz CT molecular complexity index is 1000. The van der Waals surface area contributed by atoms with Gasteiger partial charge in [-0.1, -0.05) is 43.5 Å². The van der Waals surface area contributed by atoms with E-state index in [1.807, 2.05) is 24.3 Å². The Morgan fingerprint density at radius 1 is 1.30 bits per heavy atom. The molecule has 0 radical (unpaired) electrons. The standard InChI is InChI=1S/C20H24ClN5O/c1-2-10-26-16-17(23-18(26)14-7-3-4-8-14)24-20(25-19(16)27)22-12-13-6-5-9-15(21)11-13/h5-6,9,11,14H,2-4,7-8,10,12H2,1H3,(H2,22,24,25,27). The van der Waals surface area contributed by atoms with Gasteiger partial charge in [0, 0.05) is 24.0 Å². The lowest BCUT2D eigenvalue weighted by molar-refractivity contribution is 0.584. The number of aromatic nitrogens is 4. The molecule has 7 heteroatoms. The molecule has 142 valence electrons. The van der Waals surface area contributed by atoms with Gasteiger partial charge >= 0.3 is 0 Å². The molecule has 1 fully saturated rings. The molecule has 4 rings (SSSR count). The molecule has 0 unspecified atom stereocenters. The molecule has 0 spiro atoms. The summed E-state index contributed by atoms with van der Waals surface area (Å²) in [5.41, 5.74) is 2.00. The van der Waals surface area contributed by atoms with Crippen molar-refractivity contribution in [1.82, 2.24) is 19.5 Å². The minimum atomic E-state index is -0.140. The van der Waals surface area contributed by atoms with Crippen LogP contribution in [0, 0.1) is 0 Å². The Morgan fingerprint density at radius 2 is 2.11 bits per heavy atom. The molecule has 0 atom stereocenters. The van der Waals surface area contributed by atoms with Crippen LogP contribution in [0.4, 0.5) is 5.95 Å². The monoisotopic (exact) mass is 385 g/mol. The van der Waals surface area contributed by atoms with Crippen LogP contribution in [0.25, 0.3) is 11.2 Å². The highest BCUT2D eigenvalue weighted by Gasteiger charge is 2.25. The molecular weight excluding hydrogens is 362 g/mol. The highest BCUT2D eigenvalue weighted by molar-refractivity contribution is 6.30. The lowest BCUT2D eigenvalue weighted by atomic mass is 10.1. The summed E-state index contributed by atoms with van der Waals surface area (Å²) < 4.78 is 2.08. The number of fused-ring (bicyclic) bond motifs is 1. The van der Waals surface area contributed by atoms with Gasteiger partial charge in [-0.05, 0) is 37.0 Å². The van der Waals surface area contributed by atoms with Crippen LogP contribution in [0.15, 0.2) is 29.1 Å². The van der Waals surface area contributed by atoms with Crippen molar-refractivity contribution in [2.75, 3.05) is 5.32 Å². The molecule has 0 saturated heterocycles. The summed E-state index contributed by atoms with van der Waals surface area (Å²) in [6.07, 6.45) is 5.71. The van der Waals surface area contributed by atoms with Gasteiger partial charge in [0.2, 0.25) is 5.95 Å². The molecule has 2 heterocycles. The molecule has 3 aromatic rings. The quantitative estimate of drug-likeness (QED) is 0.657. The zero-order valence-electron chi connectivity index (χ0n) is 15.5. The van der Waals surface area contributed by atoms with E-state index < -0.39 is 0 Å². The normalized spacial score (nSPS) is 14.9. The second-order valence-electron chi connectivity index (χ2n) is 7.17. The molecular formula is C20H24ClN5O. The van der Waals surface area contributed by atoms with Crippen LogP contribution in [0.5, 0.6) is 0 Å². The Kier molecular flexibility index (Phi) is 5.16. The van der Waals surface area contributed by atoms with Crippen LogP contribution < -0.4 is 10.9 Å². The van der Waals surface area contributed by atoms with E-state index in [0.717, 1.165) is 37.2 Å². The first kappa shape index (κ1) is 18.0. The summed E-state index contributed by atoms with van der Waals surface area (Å²) in [5.74, 6) is 1.90. The van der Waals surface area contributed by atoms with Crippen molar-refractivity contribution >= 4 is 28.7 Å². The van der Waals surface area contributed by atoms with E-state index >= 15 is 0 Å². The fourth-order valence-electron chi connectivity index (χ4n) is 3.92. The zero-order chi connectivity index (χ0) is 18.8. The molecule has 1 aromatic carbocycles. The van der Waals surface area contributed by atoms with Crippen LogP contribution in [-0.4, -0.2) is 19.5 Å². The third kappa shape index (κ3) is 3.72. The molecule has 2 N–H and O–H groups in total. The van der Waals surface area contributed by atoms with Crippen LogP contribution >= 0.6 is 11.6 Å². The third-order valence-electron chi connectivity index (χ3n) is 5.16. The van der Waals surface area contributed by atoms with Crippen LogP contribution in [0.2, 0.25) is 5.02 Å². The number of H-pyrrole nitrogens is 1. The Morgan fingerprint density at radius 3 is 2.85 bits per heavy atom. The van der Waals surface area contributed by atoms with Gasteiger partial charge in [-0.15, -0.1) is 0 Å². The number of imidazole rings is 1. The topological polar surface area (TPSA) is 75.6 Å². The molecule has 0 bridgehead atoms. The van der Waals surface area contributed by atoms with Crippen molar-refractivity contribution in [2.24, 2.45) is 0 Å². The average molecular weight is 386 g/mol. The predicted octanol–water partition coefficient (Wildman–Crippen LogP) is 4.45. The first-order valence-corrected chi connectivity index (χ1v) is 10.0. The van der Waals surface area contributed by atoms with Crippen LogP contribution in [0.3, 0.4) is 0 Å². The van der Waals surface area contributed by atoms with Crippen LogP contribution in [-0.2, 0) is 13.1 Å². The van der Waals surface area contributed by atoms with Crippen molar-refractivity contribution in [3.63, 3.8) is 0 Å². The minimum Gasteiger partial charge on any atom is -0.352 e. The number of benzene rings is 1. The fourth-order valence-corrected chi connectivity index (χ4v) is 4.13. The maximum Gasteiger partial charge on any atom is 0.278 e. The number of anilines is 1. The summed E-state index contributed by atoms with van der Waals surface area (Å²) in [6, 6.07) is 7.60. The number of aromatic amines is 1. The van der Waals surface area contributed by atoms with E-state index in [0.29, 0.717) is 34.6 Å². The molecule has 27 heavy (non-hydrogen) atoms. The summed E-state index contributed by atoms with van der Waals surface area (Å²) in [6.45, 7) is 3.44. The SMILES string of the molecule is CCCn1c(C2CCCC2)nc2nc(NCc3cccc(Cl)c3)[nH]c(=O)c21. The van der Waals surface area contributed by atoms with Gasteiger partial charge in [0.25, 0.3) is 5.56 Å². The van der Waals surface area contributed by atoms with E-state index in [1.165, 1.54) is 12.8 Å². The summed E-state index contributed by atoms with van der Waals surface area (Å²) in [7, 11) is 0. The predicted molar refractivity (Wildman–Crippen MR) is 108 cm³/mol. The van der Waals surface area contributed by atoms with Crippen molar-refractivity contribution in [3.8, 4) is 0 Å². The Balaban J connectivity index is 1.67. The van der Waals surface area contributed by atoms with Crippen molar-refractivity contribution in [2.45, 2.75) is 58.0 Å². The van der Waals surface area contributed by atoms with E-state index in [1.54, 1.807) is 0 Å². The van der Waals surface area contributed by atoms with Crippen molar-refractivity contribution in [1.29, 1.82) is 0 Å². The molecule has 1 saturated carbocycles. The van der Waals surface area contributed by atoms with Gasteiger partial charge in [-0.25, -0.2) is 4.98 Å². The molecule has 0 aliphatic heterocycles. The van der Waals surface area contributed by atoms with Gasteiger partial charge in [0.1, 0.15) is 5.82 Å². The highest BCUT2D eigenvalue weighted by Crippen LogP contribution is 2.34. The van der Waals surface area contributed by atoms with Gasteiger partial charge in [-0.3, -0.25) is 9.78 Å². The summed E-state index contributed by atoms with van der Waals surface area (Å²) in [5, 5.41) is 3.86. The van der Waals surface area contributed by atoms with E-state index in [4.69, 9.17) is 16.6 Å². The lowest BCUT2D eigenvalue weighted by Gasteiger charge is -2.12. The number of aryl methyl sites for hydroxylation is 1. The highest BCUT2D eigenvalue weighted by atomic mass is 35.5. The molecule has 0 amide bonds. The summed E-state index contributed by atoms with van der Waals surface area (Å²) >= 11 is 6.03. The Labute approximate surface area is 163 Å². The smallest absolute Gasteiger partial charge is 0.278 e. The lowest BCUT2D eigenvalue weighted by Crippen LogP contribution is -2.17. The van der Waals surface area contributed by atoms with Gasteiger partial charge < -0.3 is 9.88 Å². The van der Waals surface area contributed by atoms with Crippen molar-refractivity contribution in [3.05, 3.63) is 51.0 Å². The van der Waals surface area contributed by atoms with Crippen LogP contribution in [0.1, 0.15) is 56.3 Å². The molecule has 1 aliphatic carbocycles. The third-order valence-corrected chi connectivity index (χ3v) is 5.40. The maximum atomic E-state index is 12.8. The van der Waals surface area contributed by atoms with Gasteiger partial charge in [0.15, 0.2) is 11.2 Å². The fraction of sp³-hybridized carbons (Fsp3) is 0.450. The number of nitrogens with one attached hydrogen (secondary N) is 2. The Hall–Kier alpha value is -2.34. The first-order chi connectivity index (χ1) is 13.2. The zero-order valence-corrected chi connectivity index (χ0v) is 16.2. The van der Waals surface area contributed by atoms with Crippen molar-refractivity contribution < 1.29 is 0 Å². The minimum absolute atomic E-state index is 0.140. The number of nitrogens with zero attached hydrogens (tertiary/aromatic N) is 3. The largest absolute Gasteiger partial charge is 0.352 e. The number of hydrogen-bond donors (Lipinski definition) is 2. The average Bonchev–Trinajstić information content (AvgIpc) is 3.28. The van der Waals surface area contributed by atoms with E-state index in [2.05, 4.69) is 26.8 Å².